The van der Waals surface area contributed by atoms with Gasteiger partial charge in [0.2, 0.25) is 5.88 Å². The lowest BCUT2D eigenvalue weighted by Gasteiger charge is -2.11. The molecule has 2 rings (SSSR count). The molecule has 0 amide bonds. The quantitative estimate of drug-likeness (QED) is 0.905. The van der Waals surface area contributed by atoms with Crippen LogP contribution in [-0.4, -0.2) is 17.0 Å². The second-order valence-corrected chi connectivity index (χ2v) is 5.16. The van der Waals surface area contributed by atoms with Crippen molar-refractivity contribution >= 4 is 0 Å². The van der Waals surface area contributed by atoms with Crippen molar-refractivity contribution in [2.24, 2.45) is 0 Å². The fraction of sp³-hybridized carbons (Fsp3) is 0.375. The highest BCUT2D eigenvalue weighted by molar-refractivity contribution is 5.31. The van der Waals surface area contributed by atoms with E-state index in [1.807, 2.05) is 32.2 Å². The Labute approximate surface area is 120 Å². The fourth-order valence-electron chi connectivity index (χ4n) is 1.87. The van der Waals surface area contributed by atoms with Crippen molar-refractivity contribution in [1.82, 2.24) is 15.3 Å². The third-order valence-electron chi connectivity index (χ3n) is 2.96. The summed E-state index contributed by atoms with van der Waals surface area (Å²) >= 11 is 0. The van der Waals surface area contributed by atoms with Gasteiger partial charge in [0.05, 0.1) is 6.20 Å². The number of aryl methyl sites for hydroxylation is 1. The van der Waals surface area contributed by atoms with Crippen molar-refractivity contribution in [3.05, 3.63) is 47.4 Å². The minimum atomic E-state index is 0.366. The zero-order chi connectivity index (χ0) is 14.5. The van der Waals surface area contributed by atoms with Gasteiger partial charge in [-0.15, -0.1) is 0 Å². The van der Waals surface area contributed by atoms with Gasteiger partial charge in [0.15, 0.2) is 0 Å². The van der Waals surface area contributed by atoms with Gasteiger partial charge in [-0.25, -0.2) is 4.98 Å². The van der Waals surface area contributed by atoms with Crippen LogP contribution in [0, 0.1) is 6.92 Å². The number of nitrogens with zero attached hydrogens (tertiary/aromatic N) is 2. The van der Waals surface area contributed by atoms with Crippen molar-refractivity contribution in [3.8, 4) is 11.6 Å². The standard InChI is InChI=1S/C16H21N3O/c1-11(2)15-7-13(9-17-4)8-16(19-15)20-14-6-5-12(3)18-10-14/h5-8,10-11,17H,9H2,1-4H3. The molecule has 0 aliphatic carbocycles. The third-order valence-corrected chi connectivity index (χ3v) is 2.96. The summed E-state index contributed by atoms with van der Waals surface area (Å²) < 4.78 is 5.81. The second-order valence-electron chi connectivity index (χ2n) is 5.16. The average Bonchev–Trinajstić information content (AvgIpc) is 2.41. The maximum atomic E-state index is 5.81. The fourth-order valence-corrected chi connectivity index (χ4v) is 1.87. The zero-order valence-corrected chi connectivity index (χ0v) is 12.5. The molecule has 0 spiro atoms. The Morgan fingerprint density at radius 3 is 2.65 bits per heavy atom. The molecule has 0 unspecified atom stereocenters. The highest BCUT2D eigenvalue weighted by Crippen LogP contribution is 2.23. The molecule has 0 atom stereocenters. The molecule has 4 nitrogen and oxygen atoms in total. The van der Waals surface area contributed by atoms with Crippen LogP contribution in [0.25, 0.3) is 0 Å². The summed E-state index contributed by atoms with van der Waals surface area (Å²) in [5.74, 6) is 1.69. The minimum Gasteiger partial charge on any atom is -0.437 e. The molecule has 0 radical (unpaired) electrons. The molecule has 0 saturated heterocycles. The summed E-state index contributed by atoms with van der Waals surface area (Å²) in [5, 5.41) is 3.15. The van der Waals surface area contributed by atoms with Gasteiger partial charge in [-0.3, -0.25) is 4.98 Å². The third kappa shape index (κ3) is 3.78. The number of ether oxygens (including phenoxy) is 1. The molecule has 0 aromatic carbocycles. The Kier molecular flexibility index (Phi) is 4.69. The predicted molar refractivity (Wildman–Crippen MR) is 80.1 cm³/mol. The van der Waals surface area contributed by atoms with Crippen molar-refractivity contribution in [2.45, 2.75) is 33.2 Å². The van der Waals surface area contributed by atoms with Gasteiger partial charge in [-0.1, -0.05) is 13.8 Å². The van der Waals surface area contributed by atoms with Crippen LogP contribution < -0.4 is 10.1 Å². The Balaban J connectivity index is 2.27. The molecule has 106 valence electrons. The minimum absolute atomic E-state index is 0.366. The van der Waals surface area contributed by atoms with Crippen LogP contribution in [0.2, 0.25) is 0 Å². The van der Waals surface area contributed by atoms with Gasteiger partial charge in [-0.2, -0.15) is 0 Å². The smallest absolute Gasteiger partial charge is 0.219 e. The molecular weight excluding hydrogens is 250 g/mol. The first-order valence-electron chi connectivity index (χ1n) is 6.84. The number of pyridine rings is 2. The molecule has 20 heavy (non-hydrogen) atoms. The number of nitrogens with one attached hydrogen (secondary N) is 1. The molecule has 2 aromatic heterocycles. The highest BCUT2D eigenvalue weighted by Gasteiger charge is 2.08. The Morgan fingerprint density at radius 2 is 2.05 bits per heavy atom. The zero-order valence-electron chi connectivity index (χ0n) is 12.5. The van der Waals surface area contributed by atoms with E-state index in [1.54, 1.807) is 6.20 Å². The second kappa shape index (κ2) is 6.48. The summed E-state index contributed by atoms with van der Waals surface area (Å²) in [5.41, 5.74) is 3.17. The molecule has 2 aromatic rings. The van der Waals surface area contributed by atoms with Crippen LogP contribution in [0.15, 0.2) is 30.5 Å². The lowest BCUT2D eigenvalue weighted by Crippen LogP contribution is -2.07. The van der Waals surface area contributed by atoms with E-state index in [2.05, 4.69) is 35.2 Å². The molecule has 1 N–H and O–H groups in total. The van der Waals surface area contributed by atoms with Gasteiger partial charge in [0.25, 0.3) is 0 Å². The van der Waals surface area contributed by atoms with Crippen molar-refractivity contribution in [2.75, 3.05) is 7.05 Å². The van der Waals surface area contributed by atoms with Crippen LogP contribution in [0.5, 0.6) is 11.6 Å². The summed E-state index contributed by atoms with van der Waals surface area (Å²) in [6.07, 6.45) is 1.72. The van der Waals surface area contributed by atoms with Crippen molar-refractivity contribution < 1.29 is 4.74 Å². The van der Waals surface area contributed by atoms with Crippen molar-refractivity contribution in [3.63, 3.8) is 0 Å². The van der Waals surface area contributed by atoms with E-state index in [0.717, 1.165) is 17.9 Å². The van der Waals surface area contributed by atoms with Gasteiger partial charge in [0, 0.05) is 24.0 Å². The maximum Gasteiger partial charge on any atom is 0.219 e. The number of hydrogen-bond donors (Lipinski definition) is 1. The summed E-state index contributed by atoms with van der Waals surface area (Å²) in [7, 11) is 1.93. The van der Waals surface area contributed by atoms with Crippen LogP contribution in [0.3, 0.4) is 0 Å². The largest absolute Gasteiger partial charge is 0.437 e. The molecule has 4 heteroatoms. The molecule has 0 saturated carbocycles. The molecule has 2 heterocycles. The Hall–Kier alpha value is -1.94. The molecule has 0 aliphatic heterocycles. The van der Waals surface area contributed by atoms with E-state index in [1.165, 1.54) is 5.56 Å². The van der Waals surface area contributed by atoms with E-state index in [9.17, 15) is 0 Å². The monoisotopic (exact) mass is 271 g/mol. The number of hydrogen-bond acceptors (Lipinski definition) is 4. The first-order valence-corrected chi connectivity index (χ1v) is 6.84. The van der Waals surface area contributed by atoms with Gasteiger partial charge in [0.1, 0.15) is 5.75 Å². The van der Waals surface area contributed by atoms with Crippen LogP contribution in [-0.2, 0) is 6.54 Å². The SMILES string of the molecule is CNCc1cc(Oc2ccc(C)nc2)nc(C(C)C)c1. The maximum absolute atomic E-state index is 5.81. The van der Waals surface area contributed by atoms with Gasteiger partial charge in [-0.05, 0) is 43.7 Å². The Morgan fingerprint density at radius 1 is 1.25 bits per heavy atom. The summed E-state index contributed by atoms with van der Waals surface area (Å²) in [6.45, 7) is 7.00. The summed E-state index contributed by atoms with van der Waals surface area (Å²) in [4.78, 5) is 8.78. The van der Waals surface area contributed by atoms with E-state index >= 15 is 0 Å². The van der Waals surface area contributed by atoms with Crippen LogP contribution in [0.1, 0.15) is 36.7 Å². The van der Waals surface area contributed by atoms with E-state index < -0.39 is 0 Å². The molecule has 0 bridgehead atoms. The lowest BCUT2D eigenvalue weighted by atomic mass is 10.1. The first-order chi connectivity index (χ1) is 9.58. The van der Waals surface area contributed by atoms with Crippen LogP contribution in [0.4, 0.5) is 0 Å². The predicted octanol–water partition coefficient (Wildman–Crippen LogP) is 3.42. The topological polar surface area (TPSA) is 47.0 Å². The van der Waals surface area contributed by atoms with Crippen molar-refractivity contribution in [1.29, 1.82) is 0 Å². The van der Waals surface area contributed by atoms with E-state index in [-0.39, 0.29) is 0 Å². The highest BCUT2D eigenvalue weighted by atomic mass is 16.5. The van der Waals surface area contributed by atoms with Crippen LogP contribution >= 0.6 is 0 Å². The average molecular weight is 271 g/mol. The normalized spacial score (nSPS) is 10.8. The van der Waals surface area contributed by atoms with Gasteiger partial charge >= 0.3 is 0 Å². The Bertz CT molecular complexity index is 564. The van der Waals surface area contributed by atoms with E-state index in [0.29, 0.717) is 17.5 Å². The summed E-state index contributed by atoms with van der Waals surface area (Å²) in [6, 6.07) is 7.91. The molecular formula is C16H21N3O. The van der Waals surface area contributed by atoms with E-state index in [4.69, 9.17) is 4.74 Å². The molecule has 0 fully saturated rings. The van der Waals surface area contributed by atoms with Gasteiger partial charge < -0.3 is 10.1 Å². The number of aromatic nitrogens is 2. The molecule has 0 aliphatic rings. The number of rotatable bonds is 5. The first kappa shape index (κ1) is 14.5. The lowest BCUT2D eigenvalue weighted by molar-refractivity contribution is 0.456.